The van der Waals surface area contributed by atoms with Crippen molar-refractivity contribution in [3.8, 4) is 0 Å². The number of hydrogen-bond acceptors (Lipinski definition) is 0. The van der Waals surface area contributed by atoms with Crippen LogP contribution in [0.4, 0.5) is 0 Å². The molecule has 0 aromatic carbocycles. The van der Waals surface area contributed by atoms with Crippen LogP contribution < -0.4 is 0 Å². The molecule has 0 fully saturated rings. The molecule has 0 rings (SSSR count). The molecule has 0 aliphatic heterocycles. The van der Waals surface area contributed by atoms with Crippen LogP contribution in [0.5, 0.6) is 0 Å². The Hall–Kier alpha value is -1.04. The molecule has 0 nitrogen and oxygen atoms in total. The van der Waals surface area contributed by atoms with E-state index in [1.807, 2.05) is 32.9 Å². The third kappa shape index (κ3) is 7.60. The summed E-state index contributed by atoms with van der Waals surface area (Å²) in [4.78, 5) is 0. The molecular formula is C14H24. The first-order valence-corrected chi connectivity index (χ1v) is 5.38. The third-order valence-corrected chi connectivity index (χ3v) is 1.63. The van der Waals surface area contributed by atoms with Gasteiger partial charge in [-0.05, 0) is 31.4 Å². The molecule has 0 aromatic heterocycles. The summed E-state index contributed by atoms with van der Waals surface area (Å²) in [6, 6.07) is 0. The molecule has 0 aliphatic carbocycles. The van der Waals surface area contributed by atoms with Gasteiger partial charge in [0.2, 0.25) is 0 Å². The van der Waals surface area contributed by atoms with Gasteiger partial charge >= 0.3 is 0 Å². The second kappa shape index (κ2) is 12.0. The van der Waals surface area contributed by atoms with E-state index in [1.165, 1.54) is 11.1 Å². The normalized spacial score (nSPS) is 12.4. The lowest BCUT2D eigenvalue weighted by Crippen LogP contribution is -1.77. The van der Waals surface area contributed by atoms with Crippen molar-refractivity contribution >= 4 is 0 Å². The lowest BCUT2D eigenvalue weighted by molar-refractivity contribution is 1.22. The van der Waals surface area contributed by atoms with Crippen LogP contribution in [0, 0.1) is 0 Å². The Morgan fingerprint density at radius 1 is 1.21 bits per heavy atom. The molecule has 0 heterocycles. The highest BCUT2D eigenvalue weighted by atomic mass is 13.9. The molecule has 80 valence electrons. The van der Waals surface area contributed by atoms with Crippen LogP contribution in [0.1, 0.15) is 41.0 Å². The highest BCUT2D eigenvalue weighted by Gasteiger charge is 1.88. The average Bonchev–Trinajstić information content (AvgIpc) is 2.22. The van der Waals surface area contributed by atoms with Crippen molar-refractivity contribution in [2.45, 2.75) is 41.0 Å². The van der Waals surface area contributed by atoms with E-state index >= 15 is 0 Å². The van der Waals surface area contributed by atoms with Crippen molar-refractivity contribution in [2.75, 3.05) is 0 Å². The first-order chi connectivity index (χ1) is 6.76. The minimum Gasteiger partial charge on any atom is -0.0985 e. The van der Waals surface area contributed by atoms with Gasteiger partial charge in [0.1, 0.15) is 0 Å². The van der Waals surface area contributed by atoms with Crippen LogP contribution in [0.25, 0.3) is 0 Å². The second-order valence-electron chi connectivity index (χ2n) is 2.65. The molecule has 0 atom stereocenters. The predicted octanol–water partition coefficient (Wildman–Crippen LogP) is 5.06. The zero-order valence-corrected chi connectivity index (χ0v) is 10.3. The molecular weight excluding hydrogens is 168 g/mol. The Labute approximate surface area is 89.7 Å². The predicted molar refractivity (Wildman–Crippen MR) is 68.5 cm³/mol. The van der Waals surface area contributed by atoms with E-state index in [0.29, 0.717) is 0 Å². The fourth-order valence-corrected chi connectivity index (χ4v) is 0.952. The zero-order valence-electron chi connectivity index (χ0n) is 10.3. The minimum atomic E-state index is 1.07. The highest BCUT2D eigenvalue weighted by Crippen LogP contribution is 2.08. The SMILES string of the molecule is C=CC(/C=C/CC)=C(C)\C=C/C.CC. The van der Waals surface area contributed by atoms with Crippen LogP contribution in [0.3, 0.4) is 0 Å². The first-order valence-electron chi connectivity index (χ1n) is 5.38. The van der Waals surface area contributed by atoms with Gasteiger partial charge in [-0.25, -0.2) is 0 Å². The maximum atomic E-state index is 3.77. The largest absolute Gasteiger partial charge is 0.0985 e. The van der Waals surface area contributed by atoms with Crippen molar-refractivity contribution in [1.29, 1.82) is 0 Å². The summed E-state index contributed by atoms with van der Waals surface area (Å²) in [5.41, 5.74) is 2.46. The molecule has 0 bridgehead atoms. The standard InChI is InChI=1S/C12H18.C2H6/c1-5-8-10-12(7-3)11(4)9-6-2;1-2/h6-10H,3,5H2,1-2,4H3;1-2H3/b9-6-,10-8+,12-11+;. The van der Waals surface area contributed by atoms with E-state index in [-0.39, 0.29) is 0 Å². The van der Waals surface area contributed by atoms with Crippen LogP contribution in [-0.2, 0) is 0 Å². The smallest absolute Gasteiger partial charge is 0.0237 e. The minimum absolute atomic E-state index is 1.07. The van der Waals surface area contributed by atoms with Gasteiger partial charge in [0, 0.05) is 0 Å². The number of allylic oxidation sites excluding steroid dienone is 7. The Morgan fingerprint density at radius 2 is 1.79 bits per heavy atom. The Morgan fingerprint density at radius 3 is 2.14 bits per heavy atom. The van der Waals surface area contributed by atoms with E-state index in [2.05, 4.69) is 38.7 Å². The van der Waals surface area contributed by atoms with Crippen molar-refractivity contribution in [2.24, 2.45) is 0 Å². The fourth-order valence-electron chi connectivity index (χ4n) is 0.952. The second-order valence-corrected chi connectivity index (χ2v) is 2.65. The Kier molecular flexibility index (Phi) is 13.2. The van der Waals surface area contributed by atoms with E-state index in [4.69, 9.17) is 0 Å². The fraction of sp³-hybridized carbons (Fsp3) is 0.429. The number of rotatable bonds is 4. The highest BCUT2D eigenvalue weighted by molar-refractivity contribution is 5.38. The van der Waals surface area contributed by atoms with Crippen LogP contribution in [0.15, 0.2) is 48.1 Å². The third-order valence-electron chi connectivity index (χ3n) is 1.63. The first kappa shape index (κ1) is 15.4. The summed E-state index contributed by atoms with van der Waals surface area (Å²) < 4.78 is 0. The van der Waals surface area contributed by atoms with Gasteiger partial charge in [-0.2, -0.15) is 0 Å². The van der Waals surface area contributed by atoms with Crippen LogP contribution in [-0.4, -0.2) is 0 Å². The van der Waals surface area contributed by atoms with Gasteiger partial charge in [0.05, 0.1) is 0 Å². The van der Waals surface area contributed by atoms with Crippen molar-refractivity contribution in [3.05, 3.63) is 48.1 Å². The number of hydrogen-bond donors (Lipinski definition) is 0. The summed E-state index contributed by atoms with van der Waals surface area (Å²) in [5.74, 6) is 0. The van der Waals surface area contributed by atoms with E-state index in [1.54, 1.807) is 0 Å². The summed E-state index contributed by atoms with van der Waals surface area (Å²) in [6.45, 7) is 14.0. The Bertz CT molecular complexity index is 214. The molecule has 14 heavy (non-hydrogen) atoms. The topological polar surface area (TPSA) is 0 Å². The van der Waals surface area contributed by atoms with Crippen molar-refractivity contribution in [3.63, 3.8) is 0 Å². The quantitative estimate of drug-likeness (QED) is 0.546. The van der Waals surface area contributed by atoms with E-state index in [9.17, 15) is 0 Å². The van der Waals surface area contributed by atoms with Crippen LogP contribution >= 0.6 is 0 Å². The lowest BCUT2D eigenvalue weighted by atomic mass is 10.1. The van der Waals surface area contributed by atoms with Gasteiger partial charge in [-0.15, -0.1) is 0 Å². The van der Waals surface area contributed by atoms with Gasteiger partial charge in [-0.1, -0.05) is 57.7 Å². The summed E-state index contributed by atoms with van der Waals surface area (Å²) >= 11 is 0. The van der Waals surface area contributed by atoms with Gasteiger partial charge in [0.25, 0.3) is 0 Å². The van der Waals surface area contributed by atoms with Crippen molar-refractivity contribution < 1.29 is 0 Å². The summed E-state index contributed by atoms with van der Waals surface area (Å²) in [6.07, 6.45) is 11.4. The molecule has 0 radical (unpaired) electrons. The summed E-state index contributed by atoms with van der Waals surface area (Å²) in [5, 5.41) is 0. The van der Waals surface area contributed by atoms with E-state index in [0.717, 1.165) is 6.42 Å². The van der Waals surface area contributed by atoms with Crippen molar-refractivity contribution in [1.82, 2.24) is 0 Å². The molecule has 0 N–H and O–H groups in total. The van der Waals surface area contributed by atoms with E-state index < -0.39 is 0 Å². The van der Waals surface area contributed by atoms with Gasteiger partial charge in [0.15, 0.2) is 0 Å². The molecule has 0 saturated heterocycles. The Balaban J connectivity index is 0. The zero-order chi connectivity index (χ0) is 11.4. The van der Waals surface area contributed by atoms with Gasteiger partial charge < -0.3 is 0 Å². The molecule has 0 heteroatoms. The average molecular weight is 192 g/mol. The van der Waals surface area contributed by atoms with Crippen LogP contribution in [0.2, 0.25) is 0 Å². The molecule has 0 aromatic rings. The lowest BCUT2D eigenvalue weighted by Gasteiger charge is -1.97. The summed E-state index contributed by atoms with van der Waals surface area (Å²) in [7, 11) is 0. The molecule has 0 spiro atoms. The molecule has 0 saturated carbocycles. The monoisotopic (exact) mass is 192 g/mol. The van der Waals surface area contributed by atoms with Gasteiger partial charge in [-0.3, -0.25) is 0 Å². The maximum Gasteiger partial charge on any atom is -0.0237 e. The maximum absolute atomic E-state index is 3.77. The molecule has 0 unspecified atom stereocenters. The molecule has 0 amide bonds. The molecule has 0 aliphatic rings.